The second-order valence-electron chi connectivity index (χ2n) is 15.2. The van der Waals surface area contributed by atoms with E-state index in [1.807, 2.05) is 32.6 Å². The van der Waals surface area contributed by atoms with Crippen molar-refractivity contribution >= 4 is 59.4 Å². The molecule has 2 aromatic heterocycles. The second-order valence-corrected chi connectivity index (χ2v) is 19.7. The molecule has 330 valence electrons. The molecule has 0 radical (unpaired) electrons. The number of amides is 1. The minimum absolute atomic E-state index is 0.0265. The molecule has 0 unspecified atom stereocenters. The van der Waals surface area contributed by atoms with E-state index < -0.39 is 82.9 Å². The number of hydrogen-bond acceptors (Lipinski definition) is 14. The molecule has 0 fully saturated rings. The molecule has 4 heterocycles. The number of benzene rings is 1. The van der Waals surface area contributed by atoms with Crippen LogP contribution >= 0.6 is 0 Å². The van der Waals surface area contributed by atoms with E-state index in [-0.39, 0.29) is 36.4 Å². The summed E-state index contributed by atoms with van der Waals surface area (Å²) in [7, 11) is -11.8. The molecule has 20 nitrogen and oxygen atoms in total. The van der Waals surface area contributed by atoms with Crippen molar-refractivity contribution in [2.75, 3.05) is 36.6 Å². The molecule has 1 aromatic carbocycles. The zero-order chi connectivity index (χ0) is 45.3. The molecular formula is C38H46N5O15S3+. The van der Waals surface area contributed by atoms with Crippen LogP contribution in [0.25, 0.3) is 0 Å². The first-order valence-corrected chi connectivity index (χ1v) is 23.1. The highest BCUT2D eigenvalue weighted by molar-refractivity contribution is 7.86. The number of pyridine rings is 1. The van der Waals surface area contributed by atoms with Crippen LogP contribution in [-0.4, -0.2) is 108 Å². The largest absolute Gasteiger partial charge is 0.492 e. The van der Waals surface area contributed by atoms with Crippen molar-refractivity contribution in [1.82, 2.24) is 9.79 Å². The monoisotopic (exact) mass is 908 g/mol. The molecular weight excluding hydrogens is 863 g/mol. The Kier molecular flexibility index (Phi) is 13.4. The summed E-state index contributed by atoms with van der Waals surface area (Å²) in [5, 5.41) is 20.2. The number of rotatable bonds is 17. The lowest BCUT2D eigenvalue weighted by molar-refractivity contribution is -0.684. The lowest BCUT2D eigenvalue weighted by atomic mass is 9.81. The van der Waals surface area contributed by atoms with Crippen LogP contribution in [0.5, 0.6) is 11.8 Å². The van der Waals surface area contributed by atoms with Gasteiger partial charge < -0.3 is 20.0 Å². The summed E-state index contributed by atoms with van der Waals surface area (Å²) in [5.74, 6) is -3.53. The van der Waals surface area contributed by atoms with Gasteiger partial charge in [-0.3, -0.25) is 23.3 Å². The van der Waals surface area contributed by atoms with Gasteiger partial charge in [0.2, 0.25) is 11.8 Å². The Morgan fingerprint density at radius 2 is 1.49 bits per heavy atom. The number of aromatic hydroxyl groups is 2. The van der Waals surface area contributed by atoms with Crippen LogP contribution in [0, 0.1) is 0 Å². The summed E-state index contributed by atoms with van der Waals surface area (Å²) in [5.41, 5.74) is 1.42. The number of aromatic nitrogens is 2. The number of aliphatic imine (C=N–C) groups is 1. The molecule has 0 spiro atoms. The van der Waals surface area contributed by atoms with Gasteiger partial charge in [-0.25, -0.2) is 14.4 Å². The van der Waals surface area contributed by atoms with Crippen LogP contribution in [0.3, 0.4) is 0 Å². The van der Waals surface area contributed by atoms with Crippen molar-refractivity contribution in [3.63, 3.8) is 0 Å². The molecule has 0 atom stereocenters. The van der Waals surface area contributed by atoms with E-state index >= 15 is 0 Å². The van der Waals surface area contributed by atoms with Crippen molar-refractivity contribution in [3.05, 3.63) is 95.4 Å². The van der Waals surface area contributed by atoms with E-state index in [9.17, 15) is 58.7 Å². The third-order valence-electron chi connectivity index (χ3n) is 10.0. The Hall–Kier alpha value is -5.43. The number of aryl methyl sites for hydroxylation is 1. The van der Waals surface area contributed by atoms with E-state index in [4.69, 9.17) is 14.7 Å². The van der Waals surface area contributed by atoms with Crippen LogP contribution in [0.1, 0.15) is 62.0 Å². The number of carbonyl (C=O) groups is 2. The van der Waals surface area contributed by atoms with Crippen molar-refractivity contribution in [1.29, 1.82) is 0 Å². The highest BCUT2D eigenvalue weighted by Gasteiger charge is 2.44. The van der Waals surface area contributed by atoms with Gasteiger partial charge in [-0.15, -0.1) is 4.73 Å². The number of carbonyl (C=O) groups excluding carboxylic acids is 2. The maximum Gasteiger partial charge on any atom is 0.361 e. The number of allylic oxidation sites excluding steroid dienone is 6. The number of hydrogen-bond donors (Lipinski definition) is 5. The molecule has 2 aliphatic rings. The fourth-order valence-corrected chi connectivity index (χ4v) is 8.39. The Balaban J connectivity index is 1.39. The van der Waals surface area contributed by atoms with Gasteiger partial charge in [-0.2, -0.15) is 25.3 Å². The summed E-state index contributed by atoms with van der Waals surface area (Å²) in [6.45, 7) is 6.80. The van der Waals surface area contributed by atoms with Crippen molar-refractivity contribution < 1.29 is 73.0 Å². The average Bonchev–Trinajstić information content (AvgIpc) is 3.68. The SMILES string of the molecule is CN(OCC(=O)On1c(O)ccc1O)C(=O)c1cc2c([n+](CCCS(=O)(=O)O)c1)N=C(C=CC=CC=C1N(CCCS(=O)(=O)O)c3ccc(S(=O)(=O)O)cc3C1(C)C)C2(C)C. The summed E-state index contributed by atoms with van der Waals surface area (Å²) in [6.07, 6.45) is 10.1. The third-order valence-corrected chi connectivity index (χ3v) is 12.5. The topological polar surface area (TPSA) is 284 Å². The van der Waals surface area contributed by atoms with Gasteiger partial charge in [0, 0.05) is 48.9 Å². The molecule has 61 heavy (non-hydrogen) atoms. The summed E-state index contributed by atoms with van der Waals surface area (Å²) in [4.78, 5) is 42.4. The normalized spacial score (nSPS) is 16.6. The van der Waals surface area contributed by atoms with Gasteiger partial charge in [0.25, 0.3) is 36.3 Å². The molecule has 5 N–H and O–H groups in total. The van der Waals surface area contributed by atoms with Crippen LogP contribution < -0.4 is 14.3 Å². The maximum absolute atomic E-state index is 13.6. The van der Waals surface area contributed by atoms with E-state index in [2.05, 4.69) is 0 Å². The molecule has 0 saturated carbocycles. The zero-order valence-electron chi connectivity index (χ0n) is 33.7. The lowest BCUT2D eigenvalue weighted by Gasteiger charge is -2.27. The zero-order valence-corrected chi connectivity index (χ0v) is 36.1. The molecule has 3 aromatic rings. The van der Waals surface area contributed by atoms with Gasteiger partial charge in [-0.05, 0) is 67.2 Å². The highest BCUT2D eigenvalue weighted by Crippen LogP contribution is 2.48. The van der Waals surface area contributed by atoms with E-state index in [0.717, 1.165) is 17.2 Å². The quantitative estimate of drug-likeness (QED) is 0.0563. The van der Waals surface area contributed by atoms with Crippen LogP contribution in [-0.2, 0) is 57.4 Å². The minimum atomic E-state index is -4.52. The predicted octanol–water partition coefficient (Wildman–Crippen LogP) is 2.81. The smallest absolute Gasteiger partial charge is 0.361 e. The highest BCUT2D eigenvalue weighted by atomic mass is 32.2. The van der Waals surface area contributed by atoms with Gasteiger partial charge in [0.05, 0.1) is 39.5 Å². The summed E-state index contributed by atoms with van der Waals surface area (Å²) >= 11 is 0. The fourth-order valence-electron chi connectivity index (χ4n) is 6.90. The standard InChI is InChI=1S/C38H45N5O15S3/c1-37(2)28-21-25(36(47)40(5)57-24-34(46)58-43-32(44)15-16-33(43)45)23-41(17-9-19-59(48,49)50)35(28)39-30(37)11-7-6-8-12-31-38(3,4)27-22-26(61(54,55)56)13-14-29(27)42(31)18-10-20-60(51,52)53/h6-8,11-16,21-23H,9-10,17-20,24H2,1-5H3,(H4-,44,45,48,49,50,51,52,53,54,55,56)/p+1. The fraction of sp³-hybridized carbons (Fsp3) is 0.368. The number of anilines is 1. The van der Waals surface area contributed by atoms with Gasteiger partial charge in [0.15, 0.2) is 12.3 Å². The molecule has 0 aliphatic carbocycles. The number of fused-ring (bicyclic) bond motifs is 2. The lowest BCUT2D eigenvalue weighted by Crippen LogP contribution is -2.39. The number of nitrogens with zero attached hydrogens (tertiary/aromatic N) is 5. The first-order chi connectivity index (χ1) is 28.2. The van der Waals surface area contributed by atoms with E-state index in [1.165, 1.54) is 31.4 Å². The Morgan fingerprint density at radius 1 is 0.852 bits per heavy atom. The molecule has 2 aliphatic heterocycles. The Bertz CT molecular complexity index is 2680. The van der Waals surface area contributed by atoms with Crippen molar-refractivity contribution in [2.45, 2.75) is 62.8 Å². The van der Waals surface area contributed by atoms with Gasteiger partial charge in [0.1, 0.15) is 6.20 Å². The third kappa shape index (κ3) is 10.9. The predicted molar refractivity (Wildman–Crippen MR) is 219 cm³/mol. The summed E-state index contributed by atoms with van der Waals surface area (Å²) in [6, 6.07) is 7.89. The molecule has 0 saturated heterocycles. The number of hydroxylamine groups is 2. The Morgan fingerprint density at radius 3 is 2.11 bits per heavy atom. The van der Waals surface area contributed by atoms with Crippen LogP contribution in [0.4, 0.5) is 11.5 Å². The molecule has 1 amide bonds. The average molecular weight is 909 g/mol. The first-order valence-electron chi connectivity index (χ1n) is 18.4. The van der Waals surface area contributed by atoms with E-state index in [0.29, 0.717) is 38.8 Å². The first kappa shape index (κ1) is 46.6. The molecule has 0 bridgehead atoms. The van der Waals surface area contributed by atoms with Gasteiger partial charge in [-0.1, -0.05) is 32.1 Å². The second kappa shape index (κ2) is 17.5. The van der Waals surface area contributed by atoms with Crippen molar-refractivity contribution in [3.8, 4) is 11.8 Å². The van der Waals surface area contributed by atoms with Gasteiger partial charge >= 0.3 is 11.8 Å². The molecule has 5 rings (SSSR count). The summed E-state index contributed by atoms with van der Waals surface area (Å²) < 4.78 is 100. The van der Waals surface area contributed by atoms with Crippen LogP contribution in [0.15, 0.2) is 88.6 Å². The van der Waals surface area contributed by atoms with E-state index in [1.54, 1.807) is 41.0 Å². The van der Waals surface area contributed by atoms with Crippen LogP contribution in [0.2, 0.25) is 0 Å². The van der Waals surface area contributed by atoms with Crippen molar-refractivity contribution in [2.24, 2.45) is 4.99 Å². The molecule has 23 heteroatoms. The Labute approximate surface area is 352 Å². The minimum Gasteiger partial charge on any atom is -0.492 e. The maximum atomic E-state index is 13.6.